The van der Waals surface area contributed by atoms with E-state index in [0.717, 1.165) is 11.8 Å². The Hall–Kier alpha value is -2.69. The maximum Gasteiger partial charge on any atom is 0.433 e. The third-order valence-corrected chi connectivity index (χ3v) is 4.10. The van der Waals surface area contributed by atoms with Gasteiger partial charge in [-0.15, -0.1) is 0 Å². The Balaban J connectivity index is 1.75. The highest BCUT2D eigenvalue weighted by atomic mass is 32.2. The number of hydrogen-bond donors (Lipinski definition) is 1. The number of H-pyrrole nitrogens is 1. The summed E-state index contributed by atoms with van der Waals surface area (Å²) in [5, 5.41) is 3.47. The first-order valence-electron chi connectivity index (χ1n) is 7.13. The van der Waals surface area contributed by atoms with Crippen LogP contribution in [-0.2, 0) is 11.9 Å². The zero-order valence-electron chi connectivity index (χ0n) is 13.1. The number of aromatic amines is 1. The second kappa shape index (κ2) is 6.90. The van der Waals surface area contributed by atoms with Crippen molar-refractivity contribution in [2.24, 2.45) is 0 Å². The lowest BCUT2D eigenvalue weighted by Crippen LogP contribution is -2.16. The van der Waals surface area contributed by atoms with Gasteiger partial charge in [-0.3, -0.25) is 4.79 Å². The van der Waals surface area contributed by atoms with Gasteiger partial charge in [0.05, 0.1) is 5.75 Å². The molecule has 0 radical (unpaired) electrons. The van der Waals surface area contributed by atoms with Gasteiger partial charge in [-0.2, -0.15) is 18.2 Å². The quantitative estimate of drug-likeness (QED) is 0.419. The van der Waals surface area contributed by atoms with E-state index in [0.29, 0.717) is 17.2 Å². The molecule has 3 rings (SSSR count). The number of thioether (sulfide) groups is 1. The van der Waals surface area contributed by atoms with Gasteiger partial charge in [0.25, 0.3) is 5.56 Å². The average molecular weight is 386 g/mol. The smallest absolute Gasteiger partial charge is 0.338 e. The summed E-state index contributed by atoms with van der Waals surface area (Å²) in [6.45, 7) is 1.61. The number of hydrogen-bond acceptors (Lipinski definition) is 6. The highest BCUT2D eigenvalue weighted by molar-refractivity contribution is 7.98. The van der Waals surface area contributed by atoms with E-state index in [2.05, 4.69) is 20.1 Å². The summed E-state index contributed by atoms with van der Waals surface area (Å²) in [6.07, 6.45) is -4.73. The molecule has 2 aromatic heterocycles. The fourth-order valence-electron chi connectivity index (χ4n) is 1.94. The van der Waals surface area contributed by atoms with Crippen LogP contribution in [0.3, 0.4) is 0 Å². The summed E-state index contributed by atoms with van der Waals surface area (Å²) in [5.41, 5.74) is -1.34. The van der Waals surface area contributed by atoms with Crippen LogP contribution in [-0.4, -0.2) is 20.1 Å². The van der Waals surface area contributed by atoms with Crippen molar-refractivity contribution in [3.05, 3.63) is 57.6 Å². The highest BCUT2D eigenvalue weighted by Gasteiger charge is 2.33. The predicted molar refractivity (Wildman–Crippen MR) is 83.8 cm³/mol. The maximum absolute atomic E-state index is 13.6. The molecular formula is C15H10F4N4O2S. The fourth-order valence-corrected chi connectivity index (χ4v) is 2.65. The molecule has 136 valence electrons. The van der Waals surface area contributed by atoms with Gasteiger partial charge >= 0.3 is 6.18 Å². The van der Waals surface area contributed by atoms with Gasteiger partial charge in [0.1, 0.15) is 5.82 Å². The van der Waals surface area contributed by atoms with Crippen molar-refractivity contribution in [3.8, 4) is 11.4 Å². The molecule has 1 N–H and O–H groups in total. The SMILES string of the molecule is Cc1ccc(-c2noc(CSc3nc(C(F)(F)F)cc(=O)[nH]3)n2)cc1F. The van der Waals surface area contributed by atoms with Gasteiger partial charge in [-0.1, -0.05) is 29.1 Å². The summed E-state index contributed by atoms with van der Waals surface area (Å²) in [6, 6.07) is 4.81. The van der Waals surface area contributed by atoms with Gasteiger partial charge in [0.15, 0.2) is 10.9 Å². The van der Waals surface area contributed by atoms with E-state index in [1.165, 1.54) is 6.07 Å². The van der Waals surface area contributed by atoms with Crippen LogP contribution in [0.4, 0.5) is 17.6 Å². The van der Waals surface area contributed by atoms with Crippen molar-refractivity contribution in [1.82, 2.24) is 20.1 Å². The monoisotopic (exact) mass is 386 g/mol. The number of nitrogens with zero attached hydrogens (tertiary/aromatic N) is 3. The molecule has 0 atom stereocenters. The zero-order chi connectivity index (χ0) is 18.9. The molecule has 0 saturated heterocycles. The number of halogens is 4. The van der Waals surface area contributed by atoms with Gasteiger partial charge in [-0.05, 0) is 18.6 Å². The molecule has 0 amide bonds. The molecule has 0 bridgehead atoms. The van der Waals surface area contributed by atoms with Crippen molar-refractivity contribution in [2.75, 3.05) is 0 Å². The van der Waals surface area contributed by atoms with E-state index in [-0.39, 0.29) is 22.6 Å². The van der Waals surface area contributed by atoms with Crippen molar-refractivity contribution < 1.29 is 22.1 Å². The van der Waals surface area contributed by atoms with Gasteiger partial charge < -0.3 is 9.51 Å². The third-order valence-electron chi connectivity index (χ3n) is 3.24. The normalized spacial score (nSPS) is 11.7. The van der Waals surface area contributed by atoms with Crippen LogP contribution in [0.2, 0.25) is 0 Å². The van der Waals surface area contributed by atoms with E-state index in [9.17, 15) is 22.4 Å². The number of aromatic nitrogens is 4. The molecule has 0 unspecified atom stereocenters. The summed E-state index contributed by atoms with van der Waals surface area (Å²) < 4.78 is 56.6. The molecule has 0 aliphatic rings. The number of alkyl halides is 3. The number of aryl methyl sites for hydroxylation is 1. The van der Waals surface area contributed by atoms with Crippen LogP contribution in [0.5, 0.6) is 0 Å². The third kappa shape index (κ3) is 4.10. The van der Waals surface area contributed by atoms with Crippen LogP contribution < -0.4 is 5.56 Å². The minimum absolute atomic E-state index is 0.0222. The maximum atomic E-state index is 13.6. The van der Waals surface area contributed by atoms with Crippen LogP contribution >= 0.6 is 11.8 Å². The number of benzene rings is 1. The molecule has 26 heavy (non-hydrogen) atoms. The molecule has 0 fully saturated rings. The van der Waals surface area contributed by atoms with Gasteiger partial charge in [0.2, 0.25) is 11.7 Å². The van der Waals surface area contributed by atoms with E-state index >= 15 is 0 Å². The summed E-state index contributed by atoms with van der Waals surface area (Å²) in [4.78, 5) is 20.9. The van der Waals surface area contributed by atoms with Gasteiger partial charge in [0, 0.05) is 11.6 Å². The Morgan fingerprint density at radius 3 is 2.69 bits per heavy atom. The molecule has 2 heterocycles. The fraction of sp³-hybridized carbons (Fsp3) is 0.200. The first-order chi connectivity index (χ1) is 12.2. The van der Waals surface area contributed by atoms with E-state index in [1.807, 2.05) is 0 Å². The zero-order valence-corrected chi connectivity index (χ0v) is 13.9. The Morgan fingerprint density at radius 1 is 1.23 bits per heavy atom. The van der Waals surface area contributed by atoms with Crippen LogP contribution in [0.1, 0.15) is 17.1 Å². The Labute approximate surface area is 147 Å². The lowest BCUT2D eigenvalue weighted by Gasteiger charge is -2.06. The molecule has 6 nitrogen and oxygen atoms in total. The largest absolute Gasteiger partial charge is 0.433 e. The lowest BCUT2D eigenvalue weighted by atomic mass is 10.1. The molecular weight excluding hydrogens is 376 g/mol. The first-order valence-corrected chi connectivity index (χ1v) is 8.11. The van der Waals surface area contributed by atoms with Crippen molar-refractivity contribution >= 4 is 11.8 Å². The molecule has 0 aliphatic heterocycles. The van der Waals surface area contributed by atoms with Crippen molar-refractivity contribution in [3.63, 3.8) is 0 Å². The molecule has 3 aromatic rings. The molecule has 0 aliphatic carbocycles. The minimum atomic E-state index is -4.73. The van der Waals surface area contributed by atoms with Gasteiger partial charge in [-0.25, -0.2) is 9.37 Å². The summed E-state index contributed by atoms with van der Waals surface area (Å²) in [5.74, 6) is -0.212. The number of rotatable bonds is 4. The predicted octanol–water partition coefficient (Wildman–Crippen LogP) is 3.58. The van der Waals surface area contributed by atoms with Crippen molar-refractivity contribution in [2.45, 2.75) is 24.0 Å². The average Bonchev–Trinajstić information content (AvgIpc) is 3.03. The Bertz CT molecular complexity index is 1000. The second-order valence-electron chi connectivity index (χ2n) is 5.20. The van der Waals surface area contributed by atoms with E-state index in [1.54, 1.807) is 19.1 Å². The molecule has 0 saturated carbocycles. The Kier molecular flexibility index (Phi) is 4.81. The van der Waals surface area contributed by atoms with Crippen LogP contribution in [0.15, 0.2) is 38.7 Å². The summed E-state index contributed by atoms with van der Waals surface area (Å²) >= 11 is 0.795. The summed E-state index contributed by atoms with van der Waals surface area (Å²) in [7, 11) is 0. The second-order valence-corrected chi connectivity index (χ2v) is 6.16. The molecule has 11 heteroatoms. The van der Waals surface area contributed by atoms with Crippen LogP contribution in [0, 0.1) is 12.7 Å². The highest BCUT2D eigenvalue weighted by Crippen LogP contribution is 2.28. The standard InChI is InChI=1S/C15H10F4N4O2S/c1-7-2-3-8(4-9(7)16)13-22-12(25-23-13)6-26-14-20-10(15(17,18)19)5-11(24)21-14/h2-5H,6H2,1H3,(H,20,21,24). The van der Waals surface area contributed by atoms with E-state index < -0.39 is 23.2 Å². The minimum Gasteiger partial charge on any atom is -0.338 e. The topological polar surface area (TPSA) is 84.7 Å². The van der Waals surface area contributed by atoms with Crippen LogP contribution in [0.25, 0.3) is 11.4 Å². The van der Waals surface area contributed by atoms with Crippen molar-refractivity contribution in [1.29, 1.82) is 0 Å². The number of nitrogens with one attached hydrogen (secondary N) is 1. The molecule has 0 spiro atoms. The molecule has 1 aromatic carbocycles. The Morgan fingerprint density at radius 2 is 2.00 bits per heavy atom. The first kappa shape index (κ1) is 18.1. The lowest BCUT2D eigenvalue weighted by molar-refractivity contribution is -0.141. The van der Waals surface area contributed by atoms with E-state index in [4.69, 9.17) is 4.52 Å².